The molecule has 1 aliphatic carbocycles. The Hall–Kier alpha value is -2.59. The number of rotatable bonds is 9. The van der Waals surface area contributed by atoms with Crippen LogP contribution in [0.1, 0.15) is 60.8 Å². The van der Waals surface area contributed by atoms with Gasteiger partial charge in [-0.2, -0.15) is 5.10 Å². The highest BCUT2D eigenvalue weighted by Gasteiger charge is 2.31. The van der Waals surface area contributed by atoms with Crippen molar-refractivity contribution in [3.63, 3.8) is 0 Å². The molecule has 10 nitrogen and oxygen atoms in total. The summed E-state index contributed by atoms with van der Waals surface area (Å²) >= 11 is 0. The Morgan fingerprint density at radius 3 is 2.71 bits per heavy atom. The van der Waals surface area contributed by atoms with Gasteiger partial charge in [-0.05, 0) is 44.9 Å². The molecule has 2 aliphatic heterocycles. The fourth-order valence-electron chi connectivity index (χ4n) is 4.97. The van der Waals surface area contributed by atoms with E-state index in [1.165, 1.54) is 12.1 Å². The Kier molecular flexibility index (Phi) is 8.44. The molecule has 3 aliphatic rings. The van der Waals surface area contributed by atoms with Gasteiger partial charge in [0.25, 0.3) is 5.91 Å². The molecule has 0 aromatic carbocycles. The molecule has 188 valence electrons. The summed E-state index contributed by atoms with van der Waals surface area (Å²) in [5.74, 6) is 1.26. The van der Waals surface area contributed by atoms with E-state index in [2.05, 4.69) is 32.5 Å². The minimum absolute atomic E-state index is 0.116. The van der Waals surface area contributed by atoms with Gasteiger partial charge in [-0.3, -0.25) is 14.8 Å². The van der Waals surface area contributed by atoms with E-state index < -0.39 is 0 Å². The molecule has 0 bridgehead atoms. The molecule has 1 aromatic rings. The van der Waals surface area contributed by atoms with Crippen LogP contribution in [-0.4, -0.2) is 79.2 Å². The number of piperidine rings is 1. The molecule has 34 heavy (non-hydrogen) atoms. The maximum absolute atomic E-state index is 13.3. The molecule has 1 fully saturated rings. The number of nitrogens with one attached hydrogen (secondary N) is 3. The van der Waals surface area contributed by atoms with Gasteiger partial charge in [0.05, 0.1) is 20.3 Å². The van der Waals surface area contributed by atoms with Gasteiger partial charge in [0.2, 0.25) is 5.90 Å². The third-order valence-corrected chi connectivity index (χ3v) is 6.74. The van der Waals surface area contributed by atoms with Crippen molar-refractivity contribution in [3.8, 4) is 0 Å². The fraction of sp³-hybridized carbons (Fsp3) is 0.708. The minimum Gasteiger partial charge on any atom is -0.482 e. The van der Waals surface area contributed by atoms with E-state index >= 15 is 0 Å². The number of amides is 1. The zero-order valence-corrected chi connectivity index (χ0v) is 20.7. The van der Waals surface area contributed by atoms with Gasteiger partial charge in [-0.25, -0.2) is 4.99 Å². The first-order valence-electron chi connectivity index (χ1n) is 12.6. The second-order valence-electron chi connectivity index (χ2n) is 9.13. The van der Waals surface area contributed by atoms with Crippen molar-refractivity contribution in [2.24, 2.45) is 4.99 Å². The topological polar surface area (TPSA) is 105 Å². The van der Waals surface area contributed by atoms with Crippen LogP contribution in [0, 0.1) is 0 Å². The standard InChI is InChI=1S/C24H39N7O3/c1-4-12-31-19-9-8-17(15-18(19)22(29-31)23(32)30-13-6-5-7-14-30)25-10-11-26-24-27-20(33-2)16-21(28-24)34-3/h16-17,24-27H,4-15H2,1-3H3. The lowest BCUT2D eigenvalue weighted by Gasteiger charge is -2.28. The Morgan fingerprint density at radius 2 is 1.97 bits per heavy atom. The van der Waals surface area contributed by atoms with Crippen molar-refractivity contribution in [2.45, 2.75) is 70.7 Å². The van der Waals surface area contributed by atoms with Crippen molar-refractivity contribution < 1.29 is 14.3 Å². The maximum Gasteiger partial charge on any atom is 0.274 e. The van der Waals surface area contributed by atoms with Crippen LogP contribution >= 0.6 is 0 Å². The predicted octanol–water partition coefficient (Wildman–Crippen LogP) is 1.38. The van der Waals surface area contributed by atoms with Crippen molar-refractivity contribution in [2.75, 3.05) is 40.4 Å². The molecule has 3 N–H and O–H groups in total. The van der Waals surface area contributed by atoms with Gasteiger partial charge < -0.3 is 25.0 Å². The summed E-state index contributed by atoms with van der Waals surface area (Å²) < 4.78 is 12.6. The molecule has 0 spiro atoms. The molecule has 10 heteroatoms. The smallest absolute Gasteiger partial charge is 0.274 e. The average molecular weight is 474 g/mol. The van der Waals surface area contributed by atoms with E-state index in [1.54, 1.807) is 20.3 Å². The molecule has 1 aromatic heterocycles. The van der Waals surface area contributed by atoms with E-state index in [-0.39, 0.29) is 12.2 Å². The molecule has 2 unspecified atom stereocenters. The number of carbonyl (C=O) groups is 1. The number of aromatic nitrogens is 2. The van der Waals surface area contributed by atoms with E-state index in [0.29, 0.717) is 23.5 Å². The first kappa shape index (κ1) is 24.5. The number of hydrogen-bond acceptors (Lipinski definition) is 8. The highest BCUT2D eigenvalue weighted by atomic mass is 16.5. The second-order valence-corrected chi connectivity index (χ2v) is 9.13. The summed E-state index contributed by atoms with van der Waals surface area (Å²) in [5.41, 5.74) is 3.09. The molecule has 0 saturated carbocycles. The number of methoxy groups -OCH3 is 2. The molecule has 4 rings (SSSR count). The molecule has 1 amide bonds. The quantitative estimate of drug-likeness (QED) is 0.465. The van der Waals surface area contributed by atoms with Gasteiger partial charge in [0.15, 0.2) is 17.9 Å². The van der Waals surface area contributed by atoms with Gasteiger partial charge >= 0.3 is 0 Å². The highest BCUT2D eigenvalue weighted by Crippen LogP contribution is 2.27. The normalized spacial score (nSPS) is 22.4. The summed E-state index contributed by atoms with van der Waals surface area (Å²) in [5, 5.41) is 15.0. The van der Waals surface area contributed by atoms with Crippen LogP contribution < -0.4 is 16.0 Å². The maximum atomic E-state index is 13.3. The Labute approximate surface area is 202 Å². The van der Waals surface area contributed by atoms with Crippen LogP contribution in [0.3, 0.4) is 0 Å². The molecule has 3 heterocycles. The SMILES string of the molecule is CCCn1nc(C(=O)N2CCCCC2)c2c1CCC(NCCNC1N=C(OC)C=C(OC)N1)C2. The lowest BCUT2D eigenvalue weighted by molar-refractivity contribution is 0.0716. The number of nitrogens with zero attached hydrogens (tertiary/aromatic N) is 4. The first-order valence-corrected chi connectivity index (χ1v) is 12.6. The van der Waals surface area contributed by atoms with Crippen molar-refractivity contribution in [3.05, 3.63) is 28.9 Å². The zero-order chi connectivity index (χ0) is 23.9. The molecule has 1 saturated heterocycles. The third-order valence-electron chi connectivity index (χ3n) is 6.74. The highest BCUT2D eigenvalue weighted by molar-refractivity contribution is 5.94. The van der Waals surface area contributed by atoms with Crippen LogP contribution in [0.25, 0.3) is 0 Å². The minimum atomic E-state index is -0.296. The summed E-state index contributed by atoms with van der Waals surface area (Å²) in [6, 6.07) is 0.327. The third kappa shape index (κ3) is 5.72. The molecule has 0 radical (unpaired) electrons. The molecular formula is C24H39N7O3. The van der Waals surface area contributed by atoms with Gasteiger partial charge in [-0.1, -0.05) is 6.92 Å². The van der Waals surface area contributed by atoms with E-state index in [9.17, 15) is 4.79 Å². The van der Waals surface area contributed by atoms with Gasteiger partial charge in [0.1, 0.15) is 0 Å². The number of likely N-dealkylation sites (tertiary alicyclic amines) is 1. The van der Waals surface area contributed by atoms with E-state index in [1.807, 2.05) is 4.90 Å². The van der Waals surface area contributed by atoms with Crippen LogP contribution in [0.4, 0.5) is 0 Å². The number of fused-ring (bicyclic) bond motifs is 1. The molecule has 2 atom stereocenters. The summed E-state index contributed by atoms with van der Waals surface area (Å²) in [6.45, 7) is 6.25. The molecular weight excluding hydrogens is 434 g/mol. The lowest BCUT2D eigenvalue weighted by atomic mass is 9.91. The van der Waals surface area contributed by atoms with E-state index in [4.69, 9.17) is 14.6 Å². The largest absolute Gasteiger partial charge is 0.482 e. The van der Waals surface area contributed by atoms with Crippen LogP contribution in [0.5, 0.6) is 0 Å². The summed E-state index contributed by atoms with van der Waals surface area (Å²) in [4.78, 5) is 19.8. The van der Waals surface area contributed by atoms with Crippen LogP contribution in [0.15, 0.2) is 17.0 Å². The second kappa shape index (κ2) is 11.7. The summed E-state index contributed by atoms with van der Waals surface area (Å²) in [6.07, 6.45) is 8.68. The Bertz CT molecular complexity index is 905. The first-order chi connectivity index (χ1) is 16.6. The number of carbonyl (C=O) groups excluding carboxylic acids is 1. The van der Waals surface area contributed by atoms with Crippen LogP contribution in [-0.2, 0) is 28.9 Å². The van der Waals surface area contributed by atoms with E-state index in [0.717, 1.165) is 76.8 Å². The monoisotopic (exact) mass is 473 g/mol. The van der Waals surface area contributed by atoms with Crippen LogP contribution in [0.2, 0.25) is 0 Å². The fourth-order valence-corrected chi connectivity index (χ4v) is 4.97. The number of aryl methyl sites for hydroxylation is 1. The number of hydrogen-bond donors (Lipinski definition) is 3. The Morgan fingerprint density at radius 1 is 1.18 bits per heavy atom. The Balaban J connectivity index is 1.34. The van der Waals surface area contributed by atoms with Crippen molar-refractivity contribution in [1.82, 2.24) is 30.6 Å². The zero-order valence-electron chi connectivity index (χ0n) is 20.7. The number of ether oxygens (including phenoxy) is 2. The average Bonchev–Trinajstić information content (AvgIpc) is 3.24. The summed E-state index contributed by atoms with van der Waals surface area (Å²) in [7, 11) is 3.21. The lowest BCUT2D eigenvalue weighted by Crippen LogP contribution is -2.47. The predicted molar refractivity (Wildman–Crippen MR) is 131 cm³/mol. The van der Waals surface area contributed by atoms with Crippen molar-refractivity contribution >= 4 is 11.8 Å². The van der Waals surface area contributed by atoms with Gasteiger partial charge in [0, 0.05) is 50.0 Å². The van der Waals surface area contributed by atoms with Crippen molar-refractivity contribution in [1.29, 1.82) is 0 Å². The number of aliphatic imine (C=N–C) groups is 1. The van der Waals surface area contributed by atoms with Gasteiger partial charge in [-0.15, -0.1) is 0 Å².